The molecule has 29 heavy (non-hydrogen) atoms. The predicted octanol–water partition coefficient (Wildman–Crippen LogP) is 2.79. The van der Waals surface area contributed by atoms with Crippen molar-refractivity contribution in [1.29, 1.82) is 0 Å². The number of halogens is 1. The number of nitrogens with zero attached hydrogens (tertiary/aromatic N) is 2. The zero-order valence-electron chi connectivity index (χ0n) is 16.0. The molecule has 1 aromatic heterocycles. The van der Waals surface area contributed by atoms with Crippen molar-refractivity contribution in [1.82, 2.24) is 20.4 Å². The van der Waals surface area contributed by atoms with Crippen LogP contribution in [0.5, 0.6) is 0 Å². The van der Waals surface area contributed by atoms with Gasteiger partial charge < -0.3 is 10.6 Å². The van der Waals surface area contributed by atoms with Crippen molar-refractivity contribution in [3.8, 4) is 5.69 Å². The average Bonchev–Trinajstić information content (AvgIpc) is 3.35. The summed E-state index contributed by atoms with van der Waals surface area (Å²) in [6.07, 6.45) is 2.45. The lowest BCUT2D eigenvalue weighted by Crippen LogP contribution is -2.24. The average molecular weight is 392 g/mol. The van der Waals surface area contributed by atoms with Gasteiger partial charge >= 0.3 is 0 Å². The van der Waals surface area contributed by atoms with E-state index in [1.54, 1.807) is 54.2 Å². The maximum atomic E-state index is 14.2. The van der Waals surface area contributed by atoms with E-state index >= 15 is 0 Å². The largest absolute Gasteiger partial charge is 0.355 e. The topological polar surface area (TPSA) is 76.0 Å². The zero-order valence-corrected chi connectivity index (χ0v) is 16.0. The van der Waals surface area contributed by atoms with E-state index in [2.05, 4.69) is 15.7 Å². The van der Waals surface area contributed by atoms with Gasteiger partial charge in [0.15, 0.2) is 5.69 Å². The fourth-order valence-corrected chi connectivity index (χ4v) is 3.63. The van der Waals surface area contributed by atoms with Gasteiger partial charge in [0.1, 0.15) is 11.5 Å². The Kier molecular flexibility index (Phi) is 5.12. The smallest absolute Gasteiger partial charge is 0.272 e. The van der Waals surface area contributed by atoms with Crippen LogP contribution in [0.1, 0.15) is 44.1 Å². The van der Waals surface area contributed by atoms with E-state index < -0.39 is 0 Å². The lowest BCUT2D eigenvalue weighted by Gasteiger charge is -2.07. The predicted molar refractivity (Wildman–Crippen MR) is 107 cm³/mol. The van der Waals surface area contributed by atoms with Gasteiger partial charge in [-0.05, 0) is 49.1 Å². The van der Waals surface area contributed by atoms with Crippen LogP contribution in [0.4, 0.5) is 4.39 Å². The molecule has 0 unspecified atom stereocenters. The second-order valence-electron chi connectivity index (χ2n) is 6.95. The first-order valence-corrected chi connectivity index (χ1v) is 9.53. The van der Waals surface area contributed by atoms with E-state index in [0.29, 0.717) is 23.5 Å². The van der Waals surface area contributed by atoms with Crippen molar-refractivity contribution in [2.24, 2.45) is 0 Å². The molecule has 0 saturated heterocycles. The summed E-state index contributed by atoms with van der Waals surface area (Å²) in [7, 11) is 1.58. The molecular weight excluding hydrogens is 371 g/mol. The second-order valence-corrected chi connectivity index (χ2v) is 6.95. The second kappa shape index (κ2) is 7.87. The van der Waals surface area contributed by atoms with Crippen molar-refractivity contribution in [3.63, 3.8) is 0 Å². The monoisotopic (exact) mass is 392 g/mol. The normalized spacial score (nSPS) is 12.5. The number of benzene rings is 2. The number of nitrogens with one attached hydrogen (secondary N) is 2. The van der Waals surface area contributed by atoms with Gasteiger partial charge in [-0.25, -0.2) is 9.07 Å². The molecule has 7 heteroatoms. The number of para-hydroxylation sites is 1. The maximum absolute atomic E-state index is 14.2. The highest BCUT2D eigenvalue weighted by Gasteiger charge is 2.27. The van der Waals surface area contributed by atoms with Crippen molar-refractivity contribution in [2.45, 2.75) is 25.8 Å². The Hall–Kier alpha value is -3.48. The molecule has 1 heterocycles. The Labute approximate surface area is 167 Å². The summed E-state index contributed by atoms with van der Waals surface area (Å²) < 4.78 is 15.8. The summed E-state index contributed by atoms with van der Waals surface area (Å²) in [6, 6.07) is 13.5. The van der Waals surface area contributed by atoms with Crippen molar-refractivity contribution in [2.75, 3.05) is 7.05 Å². The number of hydrogen-bond acceptors (Lipinski definition) is 3. The van der Waals surface area contributed by atoms with Crippen LogP contribution >= 0.6 is 0 Å². The third-order valence-electron chi connectivity index (χ3n) is 5.12. The molecule has 2 aromatic carbocycles. The molecule has 0 bridgehead atoms. The standard InChI is InChI=1S/C22H21FN4O2/c1-24-21(28)15-11-9-14(10-12-15)13-25-22(29)20-16-5-4-8-18(16)27(26-20)19-7-3-2-6-17(19)23/h2-3,6-7,9-12H,4-5,8,13H2,1H3,(H,24,28)(H,25,29). The summed E-state index contributed by atoms with van der Waals surface area (Å²) in [5.74, 6) is -0.809. The van der Waals surface area contributed by atoms with Crippen LogP contribution in [-0.2, 0) is 19.4 Å². The molecule has 0 spiro atoms. The number of carbonyl (C=O) groups is 2. The lowest BCUT2D eigenvalue weighted by atomic mass is 10.1. The van der Waals surface area contributed by atoms with E-state index in [4.69, 9.17) is 0 Å². The number of amides is 2. The van der Waals surface area contributed by atoms with Gasteiger partial charge in [0.05, 0.1) is 0 Å². The number of fused-ring (bicyclic) bond motifs is 1. The summed E-state index contributed by atoms with van der Waals surface area (Å²) in [5.41, 5.74) is 3.92. The maximum Gasteiger partial charge on any atom is 0.272 e. The Bertz CT molecular complexity index is 1070. The van der Waals surface area contributed by atoms with Gasteiger partial charge in [0, 0.05) is 30.4 Å². The van der Waals surface area contributed by atoms with E-state index in [1.807, 2.05) is 0 Å². The third kappa shape index (κ3) is 3.63. The first-order valence-electron chi connectivity index (χ1n) is 9.53. The van der Waals surface area contributed by atoms with E-state index in [-0.39, 0.29) is 17.6 Å². The van der Waals surface area contributed by atoms with Crippen LogP contribution < -0.4 is 10.6 Å². The quantitative estimate of drug-likeness (QED) is 0.701. The van der Waals surface area contributed by atoms with E-state index in [1.165, 1.54) is 6.07 Å². The minimum Gasteiger partial charge on any atom is -0.355 e. The molecule has 0 atom stereocenters. The van der Waals surface area contributed by atoms with E-state index in [9.17, 15) is 14.0 Å². The Balaban J connectivity index is 1.53. The fraction of sp³-hybridized carbons (Fsp3) is 0.227. The summed E-state index contributed by atoms with van der Waals surface area (Å²) >= 11 is 0. The zero-order chi connectivity index (χ0) is 20.4. The molecule has 0 saturated carbocycles. The number of rotatable bonds is 5. The first kappa shape index (κ1) is 18.9. The molecule has 0 fully saturated rings. The van der Waals surface area contributed by atoms with Crippen LogP contribution in [0.2, 0.25) is 0 Å². The van der Waals surface area contributed by atoms with Crippen LogP contribution in [0.25, 0.3) is 5.69 Å². The molecule has 0 radical (unpaired) electrons. The molecule has 1 aliphatic carbocycles. The lowest BCUT2D eigenvalue weighted by molar-refractivity contribution is 0.0940. The molecular formula is C22H21FN4O2. The van der Waals surface area contributed by atoms with Gasteiger partial charge in [-0.15, -0.1) is 0 Å². The minimum absolute atomic E-state index is 0.158. The Morgan fingerprint density at radius 2 is 1.83 bits per heavy atom. The van der Waals surface area contributed by atoms with Gasteiger partial charge in [-0.1, -0.05) is 24.3 Å². The highest BCUT2D eigenvalue weighted by molar-refractivity contribution is 5.95. The Morgan fingerprint density at radius 3 is 2.55 bits per heavy atom. The third-order valence-corrected chi connectivity index (χ3v) is 5.12. The van der Waals surface area contributed by atoms with Gasteiger partial charge in [-0.3, -0.25) is 9.59 Å². The molecule has 6 nitrogen and oxygen atoms in total. The van der Waals surface area contributed by atoms with Crippen LogP contribution in [-0.4, -0.2) is 28.6 Å². The summed E-state index contributed by atoms with van der Waals surface area (Å²) in [5, 5.41) is 9.88. The highest BCUT2D eigenvalue weighted by Crippen LogP contribution is 2.28. The van der Waals surface area contributed by atoms with Gasteiger partial charge in [0.2, 0.25) is 0 Å². The molecule has 1 aliphatic rings. The van der Waals surface area contributed by atoms with Crippen LogP contribution in [0.3, 0.4) is 0 Å². The van der Waals surface area contributed by atoms with Gasteiger partial charge in [0.25, 0.3) is 11.8 Å². The van der Waals surface area contributed by atoms with Crippen molar-refractivity contribution < 1.29 is 14.0 Å². The van der Waals surface area contributed by atoms with E-state index in [0.717, 1.165) is 36.1 Å². The Morgan fingerprint density at radius 1 is 1.07 bits per heavy atom. The van der Waals surface area contributed by atoms with Crippen LogP contribution in [0.15, 0.2) is 48.5 Å². The van der Waals surface area contributed by atoms with Crippen molar-refractivity contribution >= 4 is 11.8 Å². The summed E-state index contributed by atoms with van der Waals surface area (Å²) in [6.45, 7) is 0.314. The number of hydrogen-bond donors (Lipinski definition) is 2. The van der Waals surface area contributed by atoms with Gasteiger partial charge in [-0.2, -0.15) is 5.10 Å². The van der Waals surface area contributed by atoms with Crippen molar-refractivity contribution in [3.05, 3.63) is 82.4 Å². The molecule has 0 aliphatic heterocycles. The highest BCUT2D eigenvalue weighted by atomic mass is 19.1. The van der Waals surface area contributed by atoms with Crippen LogP contribution in [0, 0.1) is 5.82 Å². The molecule has 3 aromatic rings. The first-order chi connectivity index (χ1) is 14.1. The molecule has 2 N–H and O–H groups in total. The summed E-state index contributed by atoms with van der Waals surface area (Å²) in [4.78, 5) is 24.4. The SMILES string of the molecule is CNC(=O)c1ccc(CNC(=O)c2nn(-c3ccccc3F)c3c2CCC3)cc1. The number of aromatic nitrogens is 2. The minimum atomic E-state index is -0.368. The molecule has 148 valence electrons. The fourth-order valence-electron chi connectivity index (χ4n) is 3.63. The molecule has 2 amide bonds. The number of carbonyl (C=O) groups excluding carboxylic acids is 2. The molecule has 4 rings (SSSR count).